The molecule has 2 heterocycles. The van der Waals surface area contributed by atoms with Crippen molar-refractivity contribution in [3.05, 3.63) is 41.8 Å². The van der Waals surface area contributed by atoms with Crippen LogP contribution in [0.25, 0.3) is 11.1 Å². The molecule has 1 saturated carbocycles. The number of piperidine rings is 1. The van der Waals surface area contributed by atoms with Crippen molar-refractivity contribution in [2.45, 2.75) is 38.5 Å². The van der Waals surface area contributed by atoms with Crippen LogP contribution in [-0.2, 0) is 4.79 Å². The highest BCUT2D eigenvalue weighted by molar-refractivity contribution is 5.88. The highest BCUT2D eigenvalue weighted by Crippen LogP contribution is 2.36. The van der Waals surface area contributed by atoms with Crippen LogP contribution in [0.1, 0.15) is 44.4 Å². The molecule has 1 amide bonds. The number of nitrogens with zero attached hydrogens (tertiary/aromatic N) is 2. The average Bonchev–Trinajstić information content (AvgIpc) is 3.33. The number of likely N-dealkylation sites (tertiary alicyclic amines) is 1. The summed E-state index contributed by atoms with van der Waals surface area (Å²) in [5.74, 6) is 1.77. The van der Waals surface area contributed by atoms with Gasteiger partial charge in [-0.2, -0.15) is 0 Å². The quantitative estimate of drug-likeness (QED) is 0.808. The summed E-state index contributed by atoms with van der Waals surface area (Å²) in [5, 5.41) is 0. The molecule has 23 heavy (non-hydrogen) atoms. The lowest BCUT2D eigenvalue weighted by atomic mass is 9.97. The van der Waals surface area contributed by atoms with Crippen molar-refractivity contribution >= 4 is 17.0 Å². The van der Waals surface area contributed by atoms with Gasteiger partial charge >= 0.3 is 0 Å². The summed E-state index contributed by atoms with van der Waals surface area (Å²) in [6.07, 6.45) is 6.35. The van der Waals surface area contributed by atoms with Gasteiger partial charge in [-0.25, -0.2) is 4.98 Å². The number of carbonyl (C=O) groups is 1. The number of hydrogen-bond acceptors (Lipinski definition) is 3. The van der Waals surface area contributed by atoms with E-state index in [0.717, 1.165) is 36.4 Å². The number of rotatable bonds is 3. The van der Waals surface area contributed by atoms with Crippen molar-refractivity contribution in [2.24, 2.45) is 5.92 Å². The Morgan fingerprint density at radius 1 is 1.30 bits per heavy atom. The van der Waals surface area contributed by atoms with Gasteiger partial charge in [0.25, 0.3) is 0 Å². The average molecular weight is 310 g/mol. The second kappa shape index (κ2) is 5.84. The molecule has 0 bridgehead atoms. The van der Waals surface area contributed by atoms with Gasteiger partial charge in [-0.05, 0) is 50.7 Å². The predicted octanol–water partition coefficient (Wildman–Crippen LogP) is 3.89. The molecule has 1 aromatic heterocycles. The van der Waals surface area contributed by atoms with Gasteiger partial charge in [0.15, 0.2) is 11.5 Å². The van der Waals surface area contributed by atoms with Crippen molar-refractivity contribution in [2.75, 3.05) is 13.1 Å². The van der Waals surface area contributed by atoms with Gasteiger partial charge < -0.3 is 9.32 Å². The molecule has 2 fully saturated rings. The zero-order chi connectivity index (χ0) is 15.8. The summed E-state index contributed by atoms with van der Waals surface area (Å²) in [4.78, 5) is 19.1. The largest absolute Gasteiger partial charge is 0.440 e. The summed E-state index contributed by atoms with van der Waals surface area (Å²) in [5.41, 5.74) is 2.96. The molecule has 4 nitrogen and oxygen atoms in total. The molecule has 1 aromatic carbocycles. The standard InChI is InChI=1S/C19H22N2O2/c1-13(14-8-9-14)11-18(22)21-10-4-5-15(12-21)19-20-16-6-2-3-7-17(16)23-19/h2-3,6-7,11,14-15H,4-5,8-10,12H2,1H3/b13-11+/t15-/m1/s1. The minimum atomic E-state index is 0.148. The van der Waals surface area contributed by atoms with E-state index in [1.807, 2.05) is 35.2 Å². The summed E-state index contributed by atoms with van der Waals surface area (Å²) < 4.78 is 5.90. The minimum Gasteiger partial charge on any atom is -0.440 e. The number of fused-ring (bicyclic) bond motifs is 1. The van der Waals surface area contributed by atoms with E-state index in [1.54, 1.807) is 0 Å². The van der Waals surface area contributed by atoms with E-state index in [-0.39, 0.29) is 11.8 Å². The van der Waals surface area contributed by atoms with Crippen molar-refractivity contribution in [1.29, 1.82) is 0 Å². The van der Waals surface area contributed by atoms with Gasteiger partial charge in [-0.3, -0.25) is 4.79 Å². The Balaban J connectivity index is 1.50. The fraction of sp³-hybridized carbons (Fsp3) is 0.474. The maximum atomic E-state index is 12.5. The topological polar surface area (TPSA) is 46.3 Å². The number of benzene rings is 1. The van der Waals surface area contributed by atoms with E-state index in [1.165, 1.54) is 18.4 Å². The van der Waals surface area contributed by atoms with Gasteiger partial charge in [0.05, 0.1) is 5.92 Å². The molecule has 1 atom stereocenters. The second-order valence-corrected chi connectivity index (χ2v) is 6.81. The van der Waals surface area contributed by atoms with Crippen LogP contribution < -0.4 is 0 Å². The first-order chi connectivity index (χ1) is 11.2. The lowest BCUT2D eigenvalue weighted by Gasteiger charge is -2.30. The molecule has 0 spiro atoms. The molecule has 1 aliphatic heterocycles. The second-order valence-electron chi connectivity index (χ2n) is 6.81. The molecule has 2 aliphatic rings. The Labute approximate surface area is 136 Å². The Morgan fingerprint density at radius 2 is 2.13 bits per heavy atom. The zero-order valence-corrected chi connectivity index (χ0v) is 13.5. The van der Waals surface area contributed by atoms with Crippen molar-refractivity contribution in [3.63, 3.8) is 0 Å². The maximum Gasteiger partial charge on any atom is 0.246 e. The van der Waals surface area contributed by atoms with Crippen LogP contribution in [0, 0.1) is 5.92 Å². The smallest absolute Gasteiger partial charge is 0.246 e. The van der Waals surface area contributed by atoms with Crippen LogP contribution in [0.15, 0.2) is 40.3 Å². The first-order valence-corrected chi connectivity index (χ1v) is 8.53. The Hall–Kier alpha value is -2.10. The first kappa shape index (κ1) is 14.5. The molecule has 120 valence electrons. The fourth-order valence-electron chi connectivity index (χ4n) is 3.39. The van der Waals surface area contributed by atoms with Crippen LogP contribution in [0.2, 0.25) is 0 Å². The van der Waals surface area contributed by atoms with Crippen molar-refractivity contribution < 1.29 is 9.21 Å². The number of hydrogen-bond donors (Lipinski definition) is 0. The normalized spacial score (nSPS) is 22.6. The minimum absolute atomic E-state index is 0.148. The molecule has 1 aliphatic carbocycles. The summed E-state index contributed by atoms with van der Waals surface area (Å²) in [6, 6.07) is 7.84. The number of oxazole rings is 1. The first-order valence-electron chi connectivity index (χ1n) is 8.53. The molecule has 0 unspecified atom stereocenters. The van der Waals surface area contributed by atoms with E-state index in [0.29, 0.717) is 12.5 Å². The van der Waals surface area contributed by atoms with Gasteiger partial charge in [0.2, 0.25) is 5.91 Å². The molecule has 0 radical (unpaired) electrons. The van der Waals surface area contributed by atoms with E-state index in [2.05, 4.69) is 11.9 Å². The van der Waals surface area contributed by atoms with Crippen molar-refractivity contribution in [3.8, 4) is 0 Å². The van der Waals surface area contributed by atoms with E-state index in [9.17, 15) is 4.79 Å². The molecule has 0 N–H and O–H groups in total. The molecule has 4 heteroatoms. The van der Waals surface area contributed by atoms with E-state index >= 15 is 0 Å². The molecular weight excluding hydrogens is 288 g/mol. The van der Waals surface area contributed by atoms with Crippen LogP contribution in [0.3, 0.4) is 0 Å². The number of allylic oxidation sites excluding steroid dienone is 1. The number of aromatic nitrogens is 1. The Morgan fingerprint density at radius 3 is 2.91 bits per heavy atom. The van der Waals surface area contributed by atoms with Crippen molar-refractivity contribution in [1.82, 2.24) is 9.88 Å². The Kier molecular flexibility index (Phi) is 3.68. The third kappa shape index (κ3) is 3.03. The molecule has 4 rings (SSSR count). The van der Waals surface area contributed by atoms with E-state index in [4.69, 9.17) is 4.42 Å². The van der Waals surface area contributed by atoms with E-state index < -0.39 is 0 Å². The van der Waals surface area contributed by atoms with Gasteiger partial charge in [0.1, 0.15) is 5.52 Å². The van der Waals surface area contributed by atoms with Gasteiger partial charge in [-0.1, -0.05) is 17.7 Å². The number of amides is 1. The van der Waals surface area contributed by atoms with Crippen LogP contribution >= 0.6 is 0 Å². The predicted molar refractivity (Wildman–Crippen MR) is 89.0 cm³/mol. The highest BCUT2D eigenvalue weighted by Gasteiger charge is 2.29. The third-order valence-electron chi connectivity index (χ3n) is 4.97. The zero-order valence-electron chi connectivity index (χ0n) is 13.5. The molecular formula is C19H22N2O2. The van der Waals surface area contributed by atoms with Gasteiger partial charge in [0, 0.05) is 19.2 Å². The maximum absolute atomic E-state index is 12.5. The lowest BCUT2D eigenvalue weighted by molar-refractivity contribution is -0.127. The van der Waals surface area contributed by atoms with Gasteiger partial charge in [-0.15, -0.1) is 0 Å². The van der Waals surface area contributed by atoms with Crippen LogP contribution in [-0.4, -0.2) is 28.9 Å². The summed E-state index contributed by atoms with van der Waals surface area (Å²) in [6.45, 7) is 3.63. The van der Waals surface area contributed by atoms with Crippen LogP contribution in [0.5, 0.6) is 0 Å². The van der Waals surface area contributed by atoms with Crippen LogP contribution in [0.4, 0.5) is 0 Å². The summed E-state index contributed by atoms with van der Waals surface area (Å²) >= 11 is 0. The third-order valence-corrected chi connectivity index (χ3v) is 4.97. The Bertz CT molecular complexity index is 725. The lowest BCUT2D eigenvalue weighted by Crippen LogP contribution is -2.38. The fourth-order valence-corrected chi connectivity index (χ4v) is 3.39. The highest BCUT2D eigenvalue weighted by atomic mass is 16.3. The SMILES string of the molecule is C/C(=C\C(=O)N1CCC[C@@H](c2nc3ccccc3o2)C1)C1CC1. The monoisotopic (exact) mass is 310 g/mol. The molecule has 1 saturated heterocycles. The number of para-hydroxylation sites is 2. The molecule has 2 aromatic rings. The summed E-state index contributed by atoms with van der Waals surface area (Å²) in [7, 11) is 0. The number of carbonyl (C=O) groups excluding carboxylic acids is 1.